The largest absolute Gasteiger partial charge is 0.507 e. The van der Waals surface area contributed by atoms with Crippen LogP contribution in [0.1, 0.15) is 26.3 Å². The van der Waals surface area contributed by atoms with E-state index in [2.05, 4.69) is 27.5 Å². The number of phenolic OH excluding ortho intramolecular Hbond substituents is 1. The number of benzene rings is 1. The lowest BCUT2D eigenvalue weighted by Crippen LogP contribution is -1.99. The second-order valence-electron chi connectivity index (χ2n) is 4.37. The van der Waals surface area contributed by atoms with Crippen molar-refractivity contribution in [3.05, 3.63) is 64.3 Å². The average Bonchev–Trinajstić information content (AvgIpc) is 2.37. The number of aliphatic imine (C=N–C) groups is 1. The third-order valence-corrected chi connectivity index (χ3v) is 3.32. The van der Waals surface area contributed by atoms with Crippen LogP contribution in [0.4, 0.5) is 0 Å². The molecule has 0 amide bonds. The first kappa shape index (κ1) is 15.4. The molecule has 1 aromatic rings. The summed E-state index contributed by atoms with van der Waals surface area (Å²) in [7, 11) is 0. The van der Waals surface area contributed by atoms with E-state index in [9.17, 15) is 5.11 Å². The van der Waals surface area contributed by atoms with E-state index in [1.807, 2.05) is 39.0 Å². The van der Waals surface area contributed by atoms with Crippen molar-refractivity contribution in [1.82, 2.24) is 0 Å². The molecule has 0 saturated heterocycles. The number of nitrogens with zero attached hydrogens (tertiary/aromatic N) is 1. The lowest BCUT2D eigenvalue weighted by Gasteiger charge is -2.06. The summed E-state index contributed by atoms with van der Waals surface area (Å²) in [6, 6.07) is 7.18. The van der Waals surface area contributed by atoms with Gasteiger partial charge in [-0.05, 0) is 54.9 Å². The number of halogens is 1. The summed E-state index contributed by atoms with van der Waals surface area (Å²) in [4.78, 5) is 4.56. The smallest absolute Gasteiger partial charge is 0.124 e. The van der Waals surface area contributed by atoms with Crippen LogP contribution in [0, 0.1) is 0 Å². The third kappa shape index (κ3) is 4.52. The van der Waals surface area contributed by atoms with Crippen LogP contribution >= 0.6 is 15.9 Å². The van der Waals surface area contributed by atoms with E-state index >= 15 is 0 Å². The third-order valence-electron chi connectivity index (χ3n) is 2.42. The van der Waals surface area contributed by atoms with Gasteiger partial charge in [-0.15, -0.1) is 0 Å². The fourth-order valence-electron chi connectivity index (χ4n) is 1.52. The van der Waals surface area contributed by atoms with E-state index in [-0.39, 0.29) is 5.75 Å². The molecule has 0 aliphatic rings. The Hall–Kier alpha value is -1.61. The van der Waals surface area contributed by atoms with Crippen LogP contribution in [0.3, 0.4) is 0 Å². The van der Waals surface area contributed by atoms with Gasteiger partial charge in [0.2, 0.25) is 0 Å². The zero-order chi connectivity index (χ0) is 14.4. The molecule has 1 rings (SSSR count). The summed E-state index contributed by atoms with van der Waals surface area (Å²) < 4.78 is 0.836. The molecule has 0 saturated carbocycles. The zero-order valence-electron chi connectivity index (χ0n) is 11.4. The number of aromatic hydroxyl groups is 1. The second kappa shape index (κ2) is 7.10. The Morgan fingerprint density at radius 1 is 1.26 bits per heavy atom. The standard InChI is InChI=1S/C16H18BrNO/c1-5-14(17)12(4)18-15(10-11(2)3)13-8-6-7-9-16(13)19/h5-10,19H,1H2,2-4H3/b14-12-,18-15?. The van der Waals surface area contributed by atoms with E-state index in [0.717, 1.165) is 21.5 Å². The zero-order valence-corrected chi connectivity index (χ0v) is 13.0. The van der Waals surface area contributed by atoms with Crippen LogP contribution < -0.4 is 0 Å². The van der Waals surface area contributed by atoms with Gasteiger partial charge in [0.05, 0.1) is 11.4 Å². The van der Waals surface area contributed by atoms with E-state index in [1.165, 1.54) is 0 Å². The molecular formula is C16H18BrNO. The van der Waals surface area contributed by atoms with Gasteiger partial charge in [0.15, 0.2) is 0 Å². The van der Waals surface area contributed by atoms with Gasteiger partial charge in [0.1, 0.15) is 5.75 Å². The van der Waals surface area contributed by atoms with Crippen LogP contribution in [0.2, 0.25) is 0 Å². The van der Waals surface area contributed by atoms with Gasteiger partial charge in [0, 0.05) is 10.0 Å². The van der Waals surface area contributed by atoms with Crippen molar-refractivity contribution >= 4 is 21.6 Å². The van der Waals surface area contributed by atoms with E-state index in [4.69, 9.17) is 0 Å². The summed E-state index contributed by atoms with van der Waals surface area (Å²) in [5.41, 5.74) is 3.37. The van der Waals surface area contributed by atoms with Crippen LogP contribution in [0.25, 0.3) is 0 Å². The molecule has 0 aromatic heterocycles. The molecule has 100 valence electrons. The minimum absolute atomic E-state index is 0.223. The van der Waals surface area contributed by atoms with Crippen LogP contribution in [0.5, 0.6) is 5.75 Å². The highest BCUT2D eigenvalue weighted by Crippen LogP contribution is 2.21. The molecule has 0 bridgehead atoms. The number of hydrogen-bond donors (Lipinski definition) is 1. The minimum Gasteiger partial charge on any atom is -0.507 e. The number of phenols is 1. The Labute approximate surface area is 123 Å². The molecule has 0 radical (unpaired) electrons. The monoisotopic (exact) mass is 319 g/mol. The lowest BCUT2D eigenvalue weighted by atomic mass is 10.1. The van der Waals surface area contributed by atoms with Crippen LogP contribution in [0.15, 0.2) is 63.7 Å². The van der Waals surface area contributed by atoms with Crippen molar-refractivity contribution < 1.29 is 5.11 Å². The fourth-order valence-corrected chi connectivity index (χ4v) is 1.60. The van der Waals surface area contributed by atoms with Gasteiger partial charge in [-0.3, -0.25) is 4.99 Å². The molecular weight excluding hydrogens is 302 g/mol. The molecule has 3 heteroatoms. The fraction of sp³-hybridized carbons (Fsp3) is 0.188. The van der Waals surface area contributed by atoms with Crippen molar-refractivity contribution in [1.29, 1.82) is 0 Å². The molecule has 1 N–H and O–H groups in total. The van der Waals surface area contributed by atoms with E-state index in [1.54, 1.807) is 18.2 Å². The Bertz CT molecular complexity index is 564. The van der Waals surface area contributed by atoms with Crippen molar-refractivity contribution in [3.63, 3.8) is 0 Å². The first-order valence-electron chi connectivity index (χ1n) is 5.96. The molecule has 0 heterocycles. The minimum atomic E-state index is 0.223. The summed E-state index contributed by atoms with van der Waals surface area (Å²) in [5, 5.41) is 9.94. The van der Waals surface area contributed by atoms with E-state index in [0.29, 0.717) is 5.56 Å². The van der Waals surface area contributed by atoms with Gasteiger partial charge < -0.3 is 5.11 Å². The second-order valence-corrected chi connectivity index (χ2v) is 5.23. The summed E-state index contributed by atoms with van der Waals surface area (Å²) in [6.45, 7) is 9.59. The average molecular weight is 320 g/mol. The maximum atomic E-state index is 9.94. The predicted octanol–water partition coefficient (Wildman–Crippen LogP) is 4.96. The first-order valence-corrected chi connectivity index (χ1v) is 6.75. The number of para-hydroxylation sites is 1. The molecule has 0 aliphatic carbocycles. The summed E-state index contributed by atoms with van der Waals surface area (Å²) in [5.74, 6) is 0.223. The molecule has 1 aromatic carbocycles. The topological polar surface area (TPSA) is 32.6 Å². The normalized spacial score (nSPS) is 12.7. The van der Waals surface area contributed by atoms with Crippen molar-refractivity contribution in [2.45, 2.75) is 20.8 Å². The van der Waals surface area contributed by atoms with E-state index < -0.39 is 0 Å². The molecule has 19 heavy (non-hydrogen) atoms. The lowest BCUT2D eigenvalue weighted by molar-refractivity contribution is 0.474. The van der Waals surface area contributed by atoms with Gasteiger partial charge in [-0.2, -0.15) is 0 Å². The maximum absolute atomic E-state index is 9.94. The number of rotatable bonds is 4. The Kier molecular flexibility index (Phi) is 5.77. The predicted molar refractivity (Wildman–Crippen MR) is 85.9 cm³/mol. The van der Waals surface area contributed by atoms with Crippen molar-refractivity contribution in [2.75, 3.05) is 0 Å². The number of allylic oxidation sites excluding steroid dienone is 5. The summed E-state index contributed by atoms with van der Waals surface area (Å²) in [6.07, 6.45) is 3.64. The van der Waals surface area contributed by atoms with Crippen molar-refractivity contribution in [3.8, 4) is 5.75 Å². The van der Waals surface area contributed by atoms with Gasteiger partial charge in [0.25, 0.3) is 0 Å². The molecule has 0 atom stereocenters. The molecule has 0 unspecified atom stereocenters. The SMILES string of the molecule is C=C/C(Br)=C(\C)N=C(C=C(C)C)c1ccccc1O. The van der Waals surface area contributed by atoms with Gasteiger partial charge in [-0.1, -0.05) is 30.4 Å². The summed E-state index contributed by atoms with van der Waals surface area (Å²) >= 11 is 3.40. The van der Waals surface area contributed by atoms with Gasteiger partial charge in [-0.25, -0.2) is 0 Å². The van der Waals surface area contributed by atoms with Crippen LogP contribution in [-0.4, -0.2) is 10.8 Å². The molecule has 2 nitrogen and oxygen atoms in total. The Morgan fingerprint density at radius 3 is 2.42 bits per heavy atom. The van der Waals surface area contributed by atoms with Gasteiger partial charge >= 0.3 is 0 Å². The number of hydrogen-bond acceptors (Lipinski definition) is 2. The highest BCUT2D eigenvalue weighted by Gasteiger charge is 2.06. The highest BCUT2D eigenvalue weighted by atomic mass is 79.9. The Balaban J connectivity index is 3.40. The molecule has 0 aliphatic heterocycles. The maximum Gasteiger partial charge on any atom is 0.124 e. The highest BCUT2D eigenvalue weighted by molar-refractivity contribution is 9.11. The quantitative estimate of drug-likeness (QED) is 0.617. The van der Waals surface area contributed by atoms with Crippen LogP contribution in [-0.2, 0) is 0 Å². The molecule has 0 fully saturated rings. The first-order chi connectivity index (χ1) is 8.95. The molecule has 0 spiro atoms. The Morgan fingerprint density at radius 2 is 1.89 bits per heavy atom. The van der Waals surface area contributed by atoms with Crippen molar-refractivity contribution in [2.24, 2.45) is 4.99 Å².